The summed E-state index contributed by atoms with van der Waals surface area (Å²) in [6, 6.07) is 13.8. The minimum atomic E-state index is -3.97. The maximum absolute atomic E-state index is 14.3. The number of hydrogen-bond donors (Lipinski definition) is 1. The Labute approximate surface area is 276 Å². The highest BCUT2D eigenvalue weighted by Gasteiger charge is 2.35. The van der Waals surface area contributed by atoms with Crippen molar-refractivity contribution in [3.63, 3.8) is 0 Å². The van der Waals surface area contributed by atoms with E-state index >= 15 is 0 Å². The predicted molar refractivity (Wildman–Crippen MR) is 182 cm³/mol. The van der Waals surface area contributed by atoms with Crippen LogP contribution in [0.4, 0.5) is 0 Å². The number of aromatic nitrogens is 1. The van der Waals surface area contributed by atoms with E-state index in [4.69, 9.17) is 0 Å². The molecule has 0 radical (unpaired) electrons. The van der Waals surface area contributed by atoms with Gasteiger partial charge in [-0.25, -0.2) is 4.72 Å². The molecule has 4 heterocycles. The summed E-state index contributed by atoms with van der Waals surface area (Å²) in [5.41, 5.74) is 6.10. The third-order valence-electron chi connectivity index (χ3n) is 10.5. The number of carbonyl (C=O) groups is 3. The first-order valence-corrected chi connectivity index (χ1v) is 18.4. The van der Waals surface area contributed by atoms with Crippen molar-refractivity contribution in [2.24, 2.45) is 0 Å². The van der Waals surface area contributed by atoms with E-state index < -0.39 is 16.1 Å². The van der Waals surface area contributed by atoms with Gasteiger partial charge in [0.15, 0.2) is 0 Å². The van der Waals surface area contributed by atoms with Gasteiger partial charge in [0.25, 0.3) is 11.8 Å². The number of nitrogens with one attached hydrogen (secondary N) is 1. The molecule has 3 aromatic rings. The second kappa shape index (κ2) is 12.6. The van der Waals surface area contributed by atoms with Crippen molar-refractivity contribution in [2.45, 2.75) is 76.3 Å². The molecule has 2 aromatic carbocycles. The second-order valence-corrected chi connectivity index (χ2v) is 15.5. The Hall–Kier alpha value is -3.96. The molecule has 0 unspecified atom stereocenters. The minimum Gasteiger partial charge on any atom is -0.340 e. The van der Waals surface area contributed by atoms with Crippen molar-refractivity contribution in [2.75, 3.05) is 33.7 Å². The van der Waals surface area contributed by atoms with E-state index in [1.165, 1.54) is 26.1 Å². The highest BCUT2D eigenvalue weighted by Crippen LogP contribution is 2.46. The van der Waals surface area contributed by atoms with Gasteiger partial charge in [-0.05, 0) is 67.4 Å². The molecule has 0 bridgehead atoms. The van der Waals surface area contributed by atoms with E-state index in [1.807, 2.05) is 34.1 Å². The molecule has 47 heavy (non-hydrogen) atoms. The van der Waals surface area contributed by atoms with Crippen molar-refractivity contribution in [3.8, 4) is 11.3 Å². The molecule has 248 valence electrons. The van der Waals surface area contributed by atoms with Gasteiger partial charge in [-0.2, -0.15) is 12.7 Å². The minimum absolute atomic E-state index is 0.00843. The fraction of sp³-hybridized carbons (Fsp3) is 0.472. The van der Waals surface area contributed by atoms with Gasteiger partial charge in [-0.1, -0.05) is 49.6 Å². The van der Waals surface area contributed by atoms with Gasteiger partial charge in [-0.15, -0.1) is 0 Å². The number of carbonyl (C=O) groups excluding carboxylic acids is 3. The van der Waals surface area contributed by atoms with Crippen LogP contribution in [0.3, 0.4) is 0 Å². The Morgan fingerprint density at radius 2 is 1.66 bits per heavy atom. The first-order valence-electron chi connectivity index (χ1n) is 16.9. The topological polar surface area (TPSA) is 112 Å². The summed E-state index contributed by atoms with van der Waals surface area (Å²) >= 11 is 0. The fourth-order valence-electron chi connectivity index (χ4n) is 8.05. The molecule has 3 amide bonds. The molecule has 3 fully saturated rings. The maximum atomic E-state index is 14.3. The van der Waals surface area contributed by atoms with E-state index in [0.29, 0.717) is 37.5 Å². The lowest BCUT2D eigenvalue weighted by Crippen LogP contribution is -2.47. The SMILES string of the molecule is CN(C)S(=O)(=O)NC(=O)c1ccc2c(C3CCCCC3)c3n(c2c1)CC(C(=O)N1CCC(N2CCCC2=O)CC1)=Cc1ccccc1-3. The fourth-order valence-corrected chi connectivity index (χ4v) is 8.59. The van der Waals surface area contributed by atoms with Crippen molar-refractivity contribution < 1.29 is 22.8 Å². The number of piperidine rings is 1. The number of rotatable bonds is 6. The van der Waals surface area contributed by atoms with Crippen molar-refractivity contribution in [1.82, 2.24) is 23.4 Å². The first kappa shape index (κ1) is 31.6. The third-order valence-corrected chi connectivity index (χ3v) is 11.9. The highest BCUT2D eigenvalue weighted by atomic mass is 32.2. The average Bonchev–Trinajstić information content (AvgIpc) is 3.59. The van der Waals surface area contributed by atoms with Gasteiger partial charge in [0, 0.05) is 73.8 Å². The monoisotopic (exact) mass is 657 g/mol. The summed E-state index contributed by atoms with van der Waals surface area (Å²) in [6.45, 7) is 2.35. The normalized spacial score (nSPS) is 19.5. The third kappa shape index (κ3) is 5.88. The number of fused-ring (bicyclic) bond motifs is 5. The van der Waals surface area contributed by atoms with Crippen molar-refractivity contribution in [3.05, 3.63) is 64.7 Å². The zero-order chi connectivity index (χ0) is 32.9. The number of likely N-dealkylation sites (tertiary alicyclic amines) is 2. The van der Waals surface area contributed by atoms with E-state index in [1.54, 1.807) is 12.1 Å². The van der Waals surface area contributed by atoms with Gasteiger partial charge in [0.05, 0.1) is 12.2 Å². The molecule has 0 atom stereocenters. The zero-order valence-electron chi connectivity index (χ0n) is 27.2. The highest BCUT2D eigenvalue weighted by molar-refractivity contribution is 7.87. The molecule has 1 N–H and O–H groups in total. The summed E-state index contributed by atoms with van der Waals surface area (Å²) in [7, 11) is -1.23. The summed E-state index contributed by atoms with van der Waals surface area (Å²) < 4.78 is 30.3. The number of hydrogen-bond acceptors (Lipinski definition) is 5. The molecule has 0 spiro atoms. The molecule has 1 saturated carbocycles. The second-order valence-electron chi connectivity index (χ2n) is 13.6. The van der Waals surface area contributed by atoms with Crippen LogP contribution >= 0.6 is 0 Å². The van der Waals surface area contributed by atoms with E-state index in [9.17, 15) is 22.8 Å². The van der Waals surface area contributed by atoms with Crippen LogP contribution in [0.5, 0.6) is 0 Å². The lowest BCUT2D eigenvalue weighted by Gasteiger charge is -2.37. The van der Waals surface area contributed by atoms with Crippen LogP contribution in [0.1, 0.15) is 85.2 Å². The molecule has 11 heteroatoms. The summed E-state index contributed by atoms with van der Waals surface area (Å²) in [6.07, 6.45) is 10.8. The molecule has 7 rings (SSSR count). The number of nitrogens with zero attached hydrogens (tertiary/aromatic N) is 4. The Morgan fingerprint density at radius 3 is 2.36 bits per heavy atom. The average molecular weight is 658 g/mol. The molecule has 10 nitrogen and oxygen atoms in total. The Kier molecular flexibility index (Phi) is 8.46. The lowest BCUT2D eigenvalue weighted by atomic mass is 9.81. The van der Waals surface area contributed by atoms with Gasteiger partial charge in [0.2, 0.25) is 5.91 Å². The largest absolute Gasteiger partial charge is 0.340 e. The van der Waals surface area contributed by atoms with Crippen molar-refractivity contribution >= 4 is 44.9 Å². The molecule has 3 aliphatic heterocycles. The Bertz CT molecular complexity index is 1880. The van der Waals surface area contributed by atoms with E-state index in [0.717, 1.165) is 83.5 Å². The predicted octanol–water partition coefficient (Wildman–Crippen LogP) is 4.90. The van der Waals surface area contributed by atoms with Gasteiger partial charge in [0.1, 0.15) is 0 Å². The molecule has 1 aromatic heterocycles. The van der Waals surface area contributed by atoms with E-state index in [-0.39, 0.29) is 23.4 Å². The van der Waals surface area contributed by atoms with Crippen LogP contribution in [0.25, 0.3) is 28.2 Å². The quantitative estimate of drug-likeness (QED) is 0.405. The molecule has 2 saturated heterocycles. The summed E-state index contributed by atoms with van der Waals surface area (Å²) in [5, 5.41) is 1.04. The number of amides is 3. The van der Waals surface area contributed by atoms with Crippen LogP contribution in [-0.4, -0.2) is 84.6 Å². The zero-order valence-corrected chi connectivity index (χ0v) is 28.0. The summed E-state index contributed by atoms with van der Waals surface area (Å²) in [4.78, 5) is 43.8. The molecular formula is C36H43N5O5S. The van der Waals surface area contributed by atoms with Crippen LogP contribution in [0.2, 0.25) is 0 Å². The summed E-state index contributed by atoms with van der Waals surface area (Å²) in [5.74, 6) is -0.138. The van der Waals surface area contributed by atoms with E-state index in [2.05, 4.69) is 21.4 Å². The van der Waals surface area contributed by atoms with Crippen LogP contribution in [0, 0.1) is 0 Å². The van der Waals surface area contributed by atoms with Crippen LogP contribution in [0.15, 0.2) is 48.0 Å². The van der Waals surface area contributed by atoms with Gasteiger partial charge in [-0.3, -0.25) is 14.4 Å². The molecule has 1 aliphatic carbocycles. The molecular weight excluding hydrogens is 614 g/mol. The smallest absolute Gasteiger partial charge is 0.303 e. The standard InChI is InChI=1S/C36H43N5O5S/c1-38(2)47(45,46)37-35(43)26-14-15-30-31(22-26)41-23-27(36(44)39-19-16-28(17-20-39)40-18-8-13-32(40)42)21-25-11-6-7-12-29(25)34(41)33(30)24-9-4-3-5-10-24/h6-7,11-12,14-15,21-22,24,28H,3-5,8-10,13,16-20,23H2,1-2H3,(H,37,43). The first-order chi connectivity index (χ1) is 22.6. The van der Waals surface area contributed by atoms with Gasteiger partial charge < -0.3 is 14.4 Å². The van der Waals surface area contributed by atoms with Crippen LogP contribution in [-0.2, 0) is 26.3 Å². The molecule has 4 aliphatic rings. The van der Waals surface area contributed by atoms with Crippen LogP contribution < -0.4 is 4.72 Å². The lowest BCUT2D eigenvalue weighted by molar-refractivity contribution is -0.132. The van der Waals surface area contributed by atoms with Crippen molar-refractivity contribution in [1.29, 1.82) is 0 Å². The Morgan fingerprint density at radius 1 is 0.915 bits per heavy atom. The maximum Gasteiger partial charge on any atom is 0.303 e. The van der Waals surface area contributed by atoms with Gasteiger partial charge >= 0.3 is 10.2 Å². The number of benzene rings is 2. The Balaban J connectivity index is 1.29.